The molecule has 1 saturated heterocycles. The van der Waals surface area contributed by atoms with Gasteiger partial charge in [0.1, 0.15) is 11.9 Å². The van der Waals surface area contributed by atoms with Gasteiger partial charge in [-0.2, -0.15) is 0 Å². The van der Waals surface area contributed by atoms with Crippen molar-refractivity contribution < 1.29 is 24.1 Å². The van der Waals surface area contributed by atoms with E-state index in [1.54, 1.807) is 30.5 Å². The molecule has 0 spiro atoms. The minimum Gasteiger partial charge on any atom is -0.490 e. The molecule has 0 aromatic carbocycles. The molecule has 0 radical (unpaired) electrons. The van der Waals surface area contributed by atoms with Crippen molar-refractivity contribution in [3.8, 4) is 11.5 Å². The highest BCUT2D eigenvalue weighted by Gasteiger charge is 2.26. The van der Waals surface area contributed by atoms with E-state index in [9.17, 15) is 4.79 Å². The summed E-state index contributed by atoms with van der Waals surface area (Å²) in [6.07, 6.45) is 5.02. The first-order valence-corrected chi connectivity index (χ1v) is 11.6. The lowest BCUT2D eigenvalue weighted by atomic mass is 10.1. The number of aliphatic hydroxyl groups excluding tert-OH is 1. The van der Waals surface area contributed by atoms with E-state index in [0.717, 1.165) is 17.1 Å². The quantitative estimate of drug-likeness (QED) is 0.444. The van der Waals surface area contributed by atoms with E-state index < -0.39 is 0 Å². The number of aryl methyl sites for hydroxylation is 1. The minimum atomic E-state index is -0.278. The number of nitrogens with zero attached hydrogens (tertiary/aromatic N) is 3. The van der Waals surface area contributed by atoms with Crippen LogP contribution in [0, 0.1) is 6.92 Å². The fourth-order valence-electron chi connectivity index (χ4n) is 3.63. The van der Waals surface area contributed by atoms with Gasteiger partial charge in [0.05, 0.1) is 25.1 Å². The molecule has 3 rings (SSSR count). The van der Waals surface area contributed by atoms with Crippen LogP contribution < -0.4 is 20.1 Å². The Kier molecular flexibility index (Phi) is 9.15. The van der Waals surface area contributed by atoms with Gasteiger partial charge in [-0.25, -0.2) is 14.8 Å². The van der Waals surface area contributed by atoms with Gasteiger partial charge in [-0.3, -0.25) is 0 Å². The molecule has 186 valence electrons. The summed E-state index contributed by atoms with van der Waals surface area (Å²) in [6, 6.07) is 3.72. The summed E-state index contributed by atoms with van der Waals surface area (Å²) in [5.41, 5.74) is 1.78. The van der Waals surface area contributed by atoms with Gasteiger partial charge < -0.3 is 34.9 Å². The molecule has 34 heavy (non-hydrogen) atoms. The molecule has 3 N–H and O–H groups in total. The molecular weight excluding hydrogens is 438 g/mol. The van der Waals surface area contributed by atoms with E-state index in [0.29, 0.717) is 56.2 Å². The molecule has 10 nitrogen and oxygen atoms in total. The summed E-state index contributed by atoms with van der Waals surface area (Å²) >= 11 is 0. The van der Waals surface area contributed by atoms with Crippen LogP contribution in [0.1, 0.15) is 38.7 Å². The lowest BCUT2D eigenvalue weighted by Crippen LogP contribution is -2.42. The number of nitrogens with one attached hydrogen (secondary N) is 2. The van der Waals surface area contributed by atoms with E-state index in [1.165, 1.54) is 0 Å². The first kappa shape index (κ1) is 25.4. The van der Waals surface area contributed by atoms with Crippen LogP contribution in [0.2, 0.25) is 0 Å². The highest BCUT2D eigenvalue weighted by molar-refractivity contribution is 5.69. The van der Waals surface area contributed by atoms with Crippen LogP contribution in [0.3, 0.4) is 0 Å². The molecule has 1 aliphatic heterocycles. The number of anilines is 3. The van der Waals surface area contributed by atoms with E-state index in [-0.39, 0.29) is 24.9 Å². The molecule has 1 amide bonds. The molecule has 0 unspecified atom stereocenters. The van der Waals surface area contributed by atoms with Crippen molar-refractivity contribution in [1.29, 1.82) is 0 Å². The van der Waals surface area contributed by atoms with Gasteiger partial charge in [0.15, 0.2) is 11.6 Å². The second-order valence-electron chi connectivity index (χ2n) is 8.44. The molecule has 1 aliphatic rings. The molecule has 0 bridgehead atoms. The Hall–Kier alpha value is -3.27. The van der Waals surface area contributed by atoms with Crippen LogP contribution >= 0.6 is 0 Å². The summed E-state index contributed by atoms with van der Waals surface area (Å²) < 4.78 is 17.2. The maximum absolute atomic E-state index is 12.1. The fraction of sp³-hybridized carbons (Fsp3) is 0.542. The molecule has 0 atom stereocenters. The molecule has 10 heteroatoms. The maximum Gasteiger partial charge on any atom is 0.410 e. The zero-order valence-corrected chi connectivity index (χ0v) is 20.3. The number of aliphatic hydroxyl groups is 1. The predicted molar refractivity (Wildman–Crippen MR) is 130 cm³/mol. The number of carbonyl (C=O) groups excluding carboxylic acids is 1. The third-order valence-corrected chi connectivity index (χ3v) is 5.41. The number of amides is 1. The van der Waals surface area contributed by atoms with Gasteiger partial charge >= 0.3 is 6.09 Å². The number of aromatic nitrogens is 2. The van der Waals surface area contributed by atoms with E-state index in [1.807, 2.05) is 26.8 Å². The van der Waals surface area contributed by atoms with E-state index >= 15 is 0 Å². The van der Waals surface area contributed by atoms with Gasteiger partial charge in [0.25, 0.3) is 0 Å². The number of pyridine rings is 2. The Morgan fingerprint density at radius 3 is 2.71 bits per heavy atom. The van der Waals surface area contributed by atoms with Crippen molar-refractivity contribution in [3.63, 3.8) is 0 Å². The van der Waals surface area contributed by atoms with Crippen LogP contribution in [0.4, 0.5) is 22.1 Å². The number of hydrogen-bond donors (Lipinski definition) is 3. The Morgan fingerprint density at radius 2 is 2.06 bits per heavy atom. The molecule has 1 fully saturated rings. The third kappa shape index (κ3) is 6.86. The number of hydrogen-bond acceptors (Lipinski definition) is 9. The molecule has 2 aromatic rings. The Balaban J connectivity index is 1.64. The van der Waals surface area contributed by atoms with Crippen molar-refractivity contribution >= 4 is 23.4 Å². The summed E-state index contributed by atoms with van der Waals surface area (Å²) in [5, 5.41) is 15.4. The monoisotopic (exact) mass is 473 g/mol. The highest BCUT2D eigenvalue weighted by Crippen LogP contribution is 2.37. The molecule has 3 heterocycles. The highest BCUT2D eigenvalue weighted by atomic mass is 16.6. The van der Waals surface area contributed by atoms with Crippen LogP contribution in [-0.2, 0) is 4.74 Å². The normalized spacial score (nSPS) is 14.1. The second kappa shape index (κ2) is 12.3. The standard InChI is InChI=1S/C24H35N5O5/c1-16(2)33-24(31)29-11-7-18(8-12-29)34-20-6-10-26-23(22(20)32-4)28-19-15-27-21(14-17(19)3)25-9-5-13-30/h6,10,14-16,18,30H,5,7-9,11-13H2,1-4H3,(H,25,27)(H,26,28). The number of methoxy groups -OCH3 is 1. The van der Waals surface area contributed by atoms with Gasteiger partial charge in [-0.15, -0.1) is 0 Å². The van der Waals surface area contributed by atoms with Crippen molar-refractivity contribution in [2.24, 2.45) is 0 Å². The first-order valence-electron chi connectivity index (χ1n) is 11.6. The molecule has 0 saturated carbocycles. The largest absolute Gasteiger partial charge is 0.490 e. The average molecular weight is 474 g/mol. The fourth-order valence-corrected chi connectivity index (χ4v) is 3.63. The molecule has 2 aromatic heterocycles. The lowest BCUT2D eigenvalue weighted by Gasteiger charge is -2.32. The molecule has 0 aliphatic carbocycles. The summed E-state index contributed by atoms with van der Waals surface area (Å²) in [7, 11) is 1.58. The van der Waals surface area contributed by atoms with E-state index in [4.69, 9.17) is 19.3 Å². The number of piperidine rings is 1. The number of rotatable bonds is 10. The van der Waals surface area contributed by atoms with Crippen molar-refractivity contribution in [2.45, 2.75) is 52.2 Å². The maximum atomic E-state index is 12.1. The summed E-state index contributed by atoms with van der Waals surface area (Å²) in [4.78, 5) is 22.7. The predicted octanol–water partition coefficient (Wildman–Crippen LogP) is 3.72. The zero-order valence-electron chi connectivity index (χ0n) is 20.3. The van der Waals surface area contributed by atoms with Gasteiger partial charge in [-0.05, 0) is 38.8 Å². The molecular formula is C24H35N5O5. The number of carbonyl (C=O) groups is 1. The van der Waals surface area contributed by atoms with Crippen molar-refractivity contribution in [3.05, 3.63) is 30.1 Å². The van der Waals surface area contributed by atoms with E-state index in [2.05, 4.69) is 20.6 Å². The SMILES string of the molecule is COc1c(OC2CCN(C(=O)OC(C)C)CC2)ccnc1Nc1cnc(NCCCO)cc1C. The van der Waals surface area contributed by atoms with Crippen molar-refractivity contribution in [1.82, 2.24) is 14.9 Å². The van der Waals surface area contributed by atoms with Crippen LogP contribution in [0.25, 0.3) is 0 Å². The number of ether oxygens (including phenoxy) is 3. The van der Waals surface area contributed by atoms with Crippen LogP contribution in [0.15, 0.2) is 24.5 Å². The number of likely N-dealkylation sites (tertiary alicyclic amines) is 1. The lowest BCUT2D eigenvalue weighted by molar-refractivity contribution is 0.0511. The average Bonchev–Trinajstić information content (AvgIpc) is 2.81. The van der Waals surface area contributed by atoms with Gasteiger partial charge in [0.2, 0.25) is 5.75 Å². The zero-order chi connectivity index (χ0) is 24.5. The van der Waals surface area contributed by atoms with Gasteiger partial charge in [0, 0.05) is 51.3 Å². The second-order valence-corrected chi connectivity index (χ2v) is 8.44. The summed E-state index contributed by atoms with van der Waals surface area (Å²) in [5.74, 6) is 2.38. The smallest absolute Gasteiger partial charge is 0.410 e. The topological polar surface area (TPSA) is 118 Å². The first-order chi connectivity index (χ1) is 16.4. The Bertz CT molecular complexity index is 947. The third-order valence-electron chi connectivity index (χ3n) is 5.41. The Labute approximate surface area is 200 Å². The van der Waals surface area contributed by atoms with Crippen molar-refractivity contribution in [2.75, 3.05) is 44.0 Å². The van der Waals surface area contributed by atoms with Crippen LogP contribution in [0.5, 0.6) is 11.5 Å². The summed E-state index contributed by atoms with van der Waals surface area (Å²) in [6.45, 7) is 7.62. The Morgan fingerprint density at radius 1 is 1.29 bits per heavy atom. The van der Waals surface area contributed by atoms with Crippen LogP contribution in [-0.4, -0.2) is 71.6 Å². The minimum absolute atomic E-state index is 0.0417. The van der Waals surface area contributed by atoms with Gasteiger partial charge in [-0.1, -0.05) is 0 Å².